The van der Waals surface area contributed by atoms with Crippen LogP contribution in [0.15, 0.2) is 90.6 Å². The lowest BCUT2D eigenvalue weighted by Crippen LogP contribution is -2.08. The first-order valence-corrected chi connectivity index (χ1v) is 44.5. The van der Waals surface area contributed by atoms with Crippen molar-refractivity contribution < 1.29 is 4.52 Å². The highest BCUT2D eigenvalue weighted by Gasteiger charge is 2.16. The summed E-state index contributed by atoms with van der Waals surface area (Å²) in [6, 6.07) is 4.29. The van der Waals surface area contributed by atoms with Crippen LogP contribution < -0.4 is 0 Å². The molecule has 0 bridgehead atoms. The summed E-state index contributed by atoms with van der Waals surface area (Å²) < 4.78 is 15.8. The van der Waals surface area contributed by atoms with E-state index in [9.17, 15) is 0 Å². The van der Waals surface area contributed by atoms with Gasteiger partial charge >= 0.3 is 0 Å². The van der Waals surface area contributed by atoms with Gasteiger partial charge in [0.05, 0.1) is 29.9 Å². The van der Waals surface area contributed by atoms with Crippen molar-refractivity contribution in [3.63, 3.8) is 0 Å². The first-order chi connectivity index (χ1) is 52.8. The summed E-state index contributed by atoms with van der Waals surface area (Å²) in [7, 11) is 0. The van der Waals surface area contributed by atoms with Crippen LogP contribution in [0.2, 0.25) is 0 Å². The molecular weight excluding hydrogens is 1390 g/mol. The standard InChI is InChI=1S/C8H11N.C7H10N2.C6H9N3.4C6H8N2.C6H7NO.C6H7NS.9C4H10/c1-2-4-8-7(3-1)5-6-9-8;1-2-5-9-6-4-8-7(9)3-1;1-2-4-9-5-7-8-6(9)3-1;1-2-6-3-4-7-8(6)5-1;1-2-6-7-3-5-8(6)4-1;1-2-6-4-7-5-8(6)3-1;2*1-2-5-4-7-8-6(5)3-1;1-2-5-6(3-1)8-4-7-5;9*1-4(2)3/h5-6,9H,1-4H2;4,6H,1-3,5H2;5H,1-4H2;3-4H,1-2,5H2;3,5H,1-2,4H2;4-5H,1-3H2;4H,1-3H2,(H,7,8);2*4H,1-3H2;9*4H,1-3H3. The molecule has 9 aromatic heterocycles. The molecule has 9 aromatic rings. The molecular formula is C93H166N16OS. The van der Waals surface area contributed by atoms with Crippen LogP contribution in [0.5, 0.6) is 0 Å². The molecule has 5 aliphatic heterocycles. The van der Waals surface area contributed by atoms with Crippen LogP contribution in [0.1, 0.15) is 337 Å². The Labute approximate surface area is 683 Å². The second-order valence-electron chi connectivity index (χ2n) is 36.1. The van der Waals surface area contributed by atoms with E-state index in [1.54, 1.807) is 16.9 Å². The lowest BCUT2D eigenvalue weighted by molar-refractivity contribution is 0.386. The van der Waals surface area contributed by atoms with Crippen molar-refractivity contribution in [2.75, 3.05) is 0 Å². The van der Waals surface area contributed by atoms with Crippen LogP contribution in [0.4, 0.5) is 0 Å². The Morgan fingerprint density at radius 3 is 1.40 bits per heavy atom. The number of hydrogen-bond donors (Lipinski definition) is 2. The lowest BCUT2D eigenvalue weighted by Gasteiger charge is -2.11. The van der Waals surface area contributed by atoms with Gasteiger partial charge in [0, 0.05) is 135 Å². The van der Waals surface area contributed by atoms with Crippen LogP contribution in [-0.4, -0.2) is 78.5 Å². The number of H-pyrrole nitrogens is 2. The zero-order chi connectivity index (χ0) is 82.9. The molecule has 0 fully saturated rings. The van der Waals surface area contributed by atoms with E-state index >= 15 is 0 Å². The molecule has 0 unspecified atom stereocenters. The van der Waals surface area contributed by atoms with E-state index in [0.717, 1.165) is 90.8 Å². The van der Waals surface area contributed by atoms with Gasteiger partial charge in [0.25, 0.3) is 0 Å². The number of fused-ring (bicyclic) bond motifs is 9. The third-order valence-corrected chi connectivity index (χ3v) is 16.2. The molecule has 4 aliphatic carbocycles. The van der Waals surface area contributed by atoms with Crippen molar-refractivity contribution in [3.05, 3.63) is 159 Å². The van der Waals surface area contributed by atoms with Crippen LogP contribution in [0, 0.1) is 53.3 Å². The van der Waals surface area contributed by atoms with Crippen molar-refractivity contribution in [1.29, 1.82) is 0 Å². The van der Waals surface area contributed by atoms with Gasteiger partial charge in [0.1, 0.15) is 29.6 Å². The van der Waals surface area contributed by atoms with Crippen LogP contribution >= 0.6 is 11.3 Å². The van der Waals surface area contributed by atoms with Crippen molar-refractivity contribution in [2.24, 2.45) is 53.3 Å². The van der Waals surface area contributed by atoms with E-state index in [0.29, 0.717) is 0 Å². The fourth-order valence-corrected chi connectivity index (χ4v) is 12.0. The molecule has 111 heavy (non-hydrogen) atoms. The fourth-order valence-electron chi connectivity index (χ4n) is 11.1. The largest absolute Gasteiger partial charge is 0.365 e. The van der Waals surface area contributed by atoms with Gasteiger partial charge in [-0.2, -0.15) is 10.2 Å². The van der Waals surface area contributed by atoms with E-state index in [-0.39, 0.29) is 0 Å². The predicted octanol–water partition coefficient (Wildman–Crippen LogP) is 24.9. The summed E-state index contributed by atoms with van der Waals surface area (Å²) in [5, 5.41) is 22.5. The number of thiazole rings is 1. The molecule has 9 aliphatic rings. The quantitative estimate of drug-likeness (QED) is 0.148. The molecule has 0 atom stereocenters. The van der Waals surface area contributed by atoms with E-state index < -0.39 is 0 Å². The summed E-state index contributed by atoms with van der Waals surface area (Å²) in [6.07, 6.45) is 52.6. The number of imidazole rings is 3. The molecule has 0 radical (unpaired) electrons. The Bertz CT molecular complexity index is 2790. The highest BCUT2D eigenvalue weighted by atomic mass is 32.1. The third kappa shape index (κ3) is 53.9. The Kier molecular flexibility index (Phi) is 57.8. The van der Waals surface area contributed by atoms with Crippen molar-refractivity contribution >= 4 is 11.3 Å². The molecule has 0 saturated heterocycles. The van der Waals surface area contributed by atoms with E-state index in [4.69, 9.17) is 4.52 Å². The Morgan fingerprint density at radius 2 is 0.856 bits per heavy atom. The van der Waals surface area contributed by atoms with Gasteiger partial charge in [-0.1, -0.05) is 192 Å². The molecule has 0 saturated carbocycles. The summed E-state index contributed by atoms with van der Waals surface area (Å²) in [5.41, 5.74) is 13.2. The lowest BCUT2D eigenvalue weighted by atomic mass is 9.98. The highest BCUT2D eigenvalue weighted by Crippen LogP contribution is 2.24. The number of nitrogens with zero attached hydrogens (tertiary/aromatic N) is 14. The molecule has 18 rings (SSSR count). The summed E-state index contributed by atoms with van der Waals surface area (Å²) in [6.45, 7) is 64.3. The second-order valence-corrected chi connectivity index (χ2v) is 37.0. The zero-order valence-electron chi connectivity index (χ0n) is 76.1. The van der Waals surface area contributed by atoms with Crippen molar-refractivity contribution in [1.82, 2.24) is 78.5 Å². The minimum absolute atomic E-state index is 0.833. The molecule has 630 valence electrons. The summed E-state index contributed by atoms with van der Waals surface area (Å²) >= 11 is 1.80. The van der Waals surface area contributed by atoms with Crippen molar-refractivity contribution in [2.45, 2.75) is 380 Å². The normalized spacial score (nSPS) is 14.3. The number of aromatic nitrogens is 16. The fraction of sp³-hybridized carbons (Fsp3) is 0.710. The Balaban J connectivity index is 0.000000594. The summed E-state index contributed by atoms with van der Waals surface area (Å²) in [5.74, 6) is 12.3. The van der Waals surface area contributed by atoms with Gasteiger partial charge in [-0.3, -0.25) is 9.78 Å². The van der Waals surface area contributed by atoms with Gasteiger partial charge in [-0.05, 0) is 211 Å². The minimum atomic E-state index is 0.833. The first-order valence-electron chi connectivity index (χ1n) is 43.7. The Morgan fingerprint density at radius 1 is 0.378 bits per heavy atom. The molecule has 0 spiro atoms. The van der Waals surface area contributed by atoms with Gasteiger partial charge < -0.3 is 27.8 Å². The monoisotopic (exact) mass is 1560 g/mol. The van der Waals surface area contributed by atoms with Gasteiger partial charge in [0.2, 0.25) is 0 Å². The maximum atomic E-state index is 4.93. The van der Waals surface area contributed by atoms with Crippen LogP contribution in [0.25, 0.3) is 0 Å². The molecule has 18 heteroatoms. The number of nitrogens with one attached hydrogen (secondary N) is 2. The van der Waals surface area contributed by atoms with Gasteiger partial charge in [0.15, 0.2) is 0 Å². The van der Waals surface area contributed by atoms with E-state index in [1.165, 1.54) is 223 Å². The third-order valence-electron chi connectivity index (χ3n) is 15.3. The first kappa shape index (κ1) is 102. The molecule has 14 heterocycles. The van der Waals surface area contributed by atoms with Crippen LogP contribution in [-0.2, 0) is 116 Å². The minimum Gasteiger partial charge on any atom is -0.365 e. The highest BCUT2D eigenvalue weighted by molar-refractivity contribution is 7.09. The predicted molar refractivity (Wildman–Crippen MR) is 475 cm³/mol. The maximum absolute atomic E-state index is 4.93. The number of aryl methyl sites for hydroxylation is 18. The number of rotatable bonds is 0. The van der Waals surface area contributed by atoms with E-state index in [1.807, 2.05) is 61.5 Å². The number of aromatic amines is 2. The summed E-state index contributed by atoms with van der Waals surface area (Å²) in [4.78, 5) is 21.4. The second kappa shape index (κ2) is 62.7. The van der Waals surface area contributed by atoms with Gasteiger partial charge in [-0.25, -0.2) is 19.9 Å². The SMILES string of the molecule is CC(C)C.CC(C)C.CC(C)C.CC(C)C.CC(C)C.CC(C)C.CC(C)C.CC(C)C.CC(C)C.c1cc2c([nH]1)CCCC2.c1cc2n(n1)CCC2.c1cn2c(n1)CCC2.c1cn2c(n1)CCCC2.c1n[nH]c2c1CCC2.c1nc2c(s1)CCC2.c1ncn2c1CCC2.c1nnc2n1CCCC2.c1noc2c1CCC2. The molecule has 0 amide bonds. The molecule has 0 aromatic carbocycles. The molecule has 17 nitrogen and oxygen atoms in total. The van der Waals surface area contributed by atoms with Crippen molar-refractivity contribution in [3.8, 4) is 0 Å². The van der Waals surface area contributed by atoms with Gasteiger partial charge in [-0.15, -0.1) is 21.5 Å². The number of hydrogen-bond acceptors (Lipinski definition) is 11. The average molecular weight is 1560 g/mol. The smallest absolute Gasteiger partial charge is 0.139 e. The topological polar surface area (TPSA) is 185 Å². The Hall–Kier alpha value is -6.69. The average Bonchev–Trinajstić information content (AvgIpc) is 1.75. The maximum Gasteiger partial charge on any atom is 0.139 e. The molecule has 2 N–H and O–H groups in total. The van der Waals surface area contributed by atoms with E-state index in [2.05, 4.69) is 290 Å². The van der Waals surface area contributed by atoms with Crippen LogP contribution in [0.3, 0.4) is 0 Å². The zero-order valence-corrected chi connectivity index (χ0v) is 76.9.